The molecule has 2 N–H and O–H groups in total. The lowest BCUT2D eigenvalue weighted by molar-refractivity contribution is 0.0734. The first-order valence-corrected chi connectivity index (χ1v) is 13.0. The fourth-order valence-electron chi connectivity index (χ4n) is 4.39. The van der Waals surface area contributed by atoms with E-state index in [1.165, 1.54) is 0 Å². The Morgan fingerprint density at radius 3 is 2.42 bits per heavy atom. The second kappa shape index (κ2) is 11.9. The molecule has 1 unspecified atom stereocenters. The summed E-state index contributed by atoms with van der Waals surface area (Å²) in [6.45, 7) is 2.75. The van der Waals surface area contributed by atoms with E-state index >= 15 is 0 Å². The number of carbonyl (C=O) groups excluding carboxylic acids is 1. The van der Waals surface area contributed by atoms with Crippen LogP contribution in [0, 0.1) is 11.3 Å². The highest BCUT2D eigenvalue weighted by Gasteiger charge is 2.31. The molecule has 1 aliphatic heterocycles. The van der Waals surface area contributed by atoms with E-state index < -0.39 is 11.9 Å². The van der Waals surface area contributed by atoms with Crippen molar-refractivity contribution < 1.29 is 23.7 Å². The largest absolute Gasteiger partial charge is 0.494 e. The molecule has 0 spiro atoms. The first-order chi connectivity index (χ1) is 19.4. The van der Waals surface area contributed by atoms with Gasteiger partial charge in [0, 0.05) is 16.7 Å². The minimum Gasteiger partial charge on any atom is -0.494 e. The summed E-state index contributed by atoms with van der Waals surface area (Å²) in [7, 11) is 0. The molecule has 0 radical (unpaired) electrons. The van der Waals surface area contributed by atoms with E-state index in [1.807, 2.05) is 55.5 Å². The zero-order chi connectivity index (χ0) is 28.1. The lowest BCUT2D eigenvalue weighted by Crippen LogP contribution is -2.21. The molecule has 40 heavy (non-hydrogen) atoms. The van der Waals surface area contributed by atoms with Gasteiger partial charge in [0.05, 0.1) is 18.1 Å². The summed E-state index contributed by atoms with van der Waals surface area (Å²) in [6.07, 6.45) is 0. The number of nitrogens with zero attached hydrogens (tertiary/aromatic N) is 1. The van der Waals surface area contributed by atoms with Crippen LogP contribution in [-0.2, 0) is 6.61 Å². The number of rotatable bonds is 8. The maximum absolute atomic E-state index is 12.8. The summed E-state index contributed by atoms with van der Waals surface area (Å²) in [6, 6.07) is 28.9. The second-order valence-electron chi connectivity index (χ2n) is 8.96. The Balaban J connectivity index is 1.36. The number of halogens is 1. The molecule has 5 rings (SSSR count). The number of allylic oxidation sites excluding steroid dienone is 1. The minimum atomic E-state index is -0.538. The maximum Gasteiger partial charge on any atom is 0.343 e. The number of hydrogen-bond donors (Lipinski definition) is 1. The monoisotopic (exact) mass is 552 g/mol. The van der Waals surface area contributed by atoms with E-state index in [9.17, 15) is 10.1 Å². The van der Waals surface area contributed by atoms with Gasteiger partial charge in [-0.25, -0.2) is 4.79 Å². The van der Waals surface area contributed by atoms with Crippen molar-refractivity contribution in [2.45, 2.75) is 19.4 Å². The summed E-state index contributed by atoms with van der Waals surface area (Å²) in [5, 5.41) is 10.6. The van der Waals surface area contributed by atoms with Crippen LogP contribution in [-0.4, -0.2) is 12.6 Å². The number of nitrogens with two attached hydrogens (primary N) is 1. The molecule has 0 saturated carbocycles. The molecule has 4 aromatic rings. The molecule has 1 aliphatic rings. The summed E-state index contributed by atoms with van der Waals surface area (Å²) in [5.74, 6) is 0.933. The van der Waals surface area contributed by atoms with Crippen LogP contribution in [0.15, 0.2) is 102 Å². The van der Waals surface area contributed by atoms with Crippen LogP contribution in [0.4, 0.5) is 0 Å². The Morgan fingerprint density at radius 1 is 0.950 bits per heavy atom. The molecule has 0 saturated heterocycles. The first kappa shape index (κ1) is 26.7. The molecule has 0 bridgehead atoms. The zero-order valence-corrected chi connectivity index (χ0v) is 22.4. The highest BCUT2D eigenvalue weighted by atomic mass is 35.5. The first-order valence-electron chi connectivity index (χ1n) is 12.6. The molecule has 0 fully saturated rings. The van der Waals surface area contributed by atoms with Crippen molar-refractivity contribution >= 4 is 17.6 Å². The molecular weight excluding hydrogens is 528 g/mol. The number of hydrogen-bond acceptors (Lipinski definition) is 7. The summed E-state index contributed by atoms with van der Waals surface area (Å²) >= 11 is 5.95. The fraction of sp³-hybridized carbons (Fsp3) is 0.125. The minimum absolute atomic E-state index is 0.00374. The van der Waals surface area contributed by atoms with Crippen LogP contribution in [0.5, 0.6) is 23.0 Å². The molecule has 0 amide bonds. The predicted molar refractivity (Wildman–Crippen MR) is 151 cm³/mol. The van der Waals surface area contributed by atoms with E-state index in [-0.39, 0.29) is 11.6 Å². The zero-order valence-electron chi connectivity index (χ0n) is 21.6. The fourth-order valence-corrected chi connectivity index (χ4v) is 4.52. The number of esters is 1. The maximum atomic E-state index is 12.8. The van der Waals surface area contributed by atoms with Crippen LogP contribution in [0.1, 0.15) is 39.9 Å². The summed E-state index contributed by atoms with van der Waals surface area (Å²) in [4.78, 5) is 12.8. The van der Waals surface area contributed by atoms with Gasteiger partial charge in [-0.15, -0.1) is 0 Å². The average Bonchev–Trinajstić information content (AvgIpc) is 2.97. The summed E-state index contributed by atoms with van der Waals surface area (Å²) in [5.41, 5.74) is 9.34. The van der Waals surface area contributed by atoms with Gasteiger partial charge in [-0.1, -0.05) is 48.0 Å². The Hall–Kier alpha value is -4.93. The third-order valence-corrected chi connectivity index (χ3v) is 6.57. The number of fused-ring (bicyclic) bond motifs is 1. The average molecular weight is 553 g/mol. The van der Waals surface area contributed by atoms with E-state index in [0.717, 1.165) is 16.7 Å². The van der Waals surface area contributed by atoms with Gasteiger partial charge in [0.15, 0.2) is 0 Å². The summed E-state index contributed by atoms with van der Waals surface area (Å²) < 4.78 is 22.7. The van der Waals surface area contributed by atoms with Crippen molar-refractivity contribution in [3.8, 4) is 29.1 Å². The molecule has 8 heteroatoms. The van der Waals surface area contributed by atoms with E-state index in [4.69, 9.17) is 36.3 Å². The Morgan fingerprint density at radius 2 is 1.70 bits per heavy atom. The van der Waals surface area contributed by atoms with Crippen molar-refractivity contribution in [3.63, 3.8) is 0 Å². The topological polar surface area (TPSA) is 104 Å². The van der Waals surface area contributed by atoms with E-state index in [2.05, 4.69) is 6.07 Å². The lowest BCUT2D eigenvalue weighted by atomic mass is 9.83. The van der Waals surface area contributed by atoms with Gasteiger partial charge in [0.2, 0.25) is 5.88 Å². The third kappa shape index (κ3) is 5.88. The van der Waals surface area contributed by atoms with Gasteiger partial charge in [0.1, 0.15) is 41.2 Å². The van der Waals surface area contributed by atoms with Crippen LogP contribution in [0.25, 0.3) is 0 Å². The predicted octanol–water partition coefficient (Wildman–Crippen LogP) is 6.76. The standard InChI is InChI=1S/C32H25ClN2O5/c1-2-37-25-5-3-4-22(16-25)32(36)39-26-14-15-27-29(17-26)40-31(35)28(18-34)30(27)21-8-12-24(13-9-21)38-19-20-6-10-23(33)11-7-20/h3-17,30H,2,19,35H2,1H3. The van der Waals surface area contributed by atoms with Crippen LogP contribution in [0.3, 0.4) is 0 Å². The van der Waals surface area contributed by atoms with Crippen LogP contribution in [0.2, 0.25) is 5.02 Å². The molecule has 4 aromatic carbocycles. The van der Waals surface area contributed by atoms with Crippen molar-refractivity contribution in [1.29, 1.82) is 5.26 Å². The smallest absolute Gasteiger partial charge is 0.343 e. The lowest BCUT2D eigenvalue weighted by Gasteiger charge is -2.26. The molecule has 200 valence electrons. The van der Waals surface area contributed by atoms with Crippen LogP contribution >= 0.6 is 11.6 Å². The van der Waals surface area contributed by atoms with Crippen molar-refractivity contribution in [3.05, 3.63) is 130 Å². The highest BCUT2D eigenvalue weighted by Crippen LogP contribution is 2.43. The SMILES string of the molecule is CCOc1cccc(C(=O)Oc2ccc3c(c2)OC(N)=C(C#N)C3c2ccc(OCc3ccc(Cl)cc3)cc2)c1. The molecule has 1 atom stereocenters. The molecular formula is C32H25ClN2O5. The second-order valence-corrected chi connectivity index (χ2v) is 9.40. The van der Waals surface area contributed by atoms with Gasteiger partial charge in [-0.2, -0.15) is 5.26 Å². The Bertz CT molecular complexity index is 1610. The number of benzene rings is 4. The van der Waals surface area contributed by atoms with Gasteiger partial charge < -0.3 is 24.7 Å². The number of nitriles is 1. The molecule has 1 heterocycles. The molecule has 0 aromatic heterocycles. The van der Waals surface area contributed by atoms with E-state index in [0.29, 0.717) is 46.6 Å². The molecule has 0 aliphatic carbocycles. The van der Waals surface area contributed by atoms with Gasteiger partial charge in [-0.05, 0) is 66.6 Å². The van der Waals surface area contributed by atoms with Crippen LogP contribution < -0.4 is 24.7 Å². The van der Waals surface area contributed by atoms with Crippen molar-refractivity contribution in [1.82, 2.24) is 0 Å². The normalized spacial score (nSPS) is 14.0. The highest BCUT2D eigenvalue weighted by molar-refractivity contribution is 6.30. The van der Waals surface area contributed by atoms with Crippen molar-refractivity contribution in [2.75, 3.05) is 6.61 Å². The Labute approximate surface area is 236 Å². The van der Waals surface area contributed by atoms with E-state index in [1.54, 1.807) is 42.5 Å². The molecule has 7 nitrogen and oxygen atoms in total. The number of carbonyl (C=O) groups is 1. The van der Waals surface area contributed by atoms with Gasteiger partial charge in [-0.3, -0.25) is 0 Å². The number of ether oxygens (including phenoxy) is 4. The third-order valence-electron chi connectivity index (χ3n) is 6.31. The Kier molecular flexibility index (Phi) is 7.90. The van der Waals surface area contributed by atoms with Crippen molar-refractivity contribution in [2.24, 2.45) is 5.73 Å². The quantitative estimate of drug-likeness (QED) is 0.190. The van der Waals surface area contributed by atoms with Gasteiger partial charge >= 0.3 is 5.97 Å². The van der Waals surface area contributed by atoms with Gasteiger partial charge in [0.25, 0.3) is 0 Å².